The Hall–Kier alpha value is -5.24. The van der Waals surface area contributed by atoms with E-state index >= 15 is 0 Å². The Labute approximate surface area is 285 Å². The summed E-state index contributed by atoms with van der Waals surface area (Å²) < 4.78 is 40.9. The number of nitrogens with one attached hydrogen (secondary N) is 2. The highest BCUT2D eigenvalue weighted by atomic mass is 32.1. The Balaban J connectivity index is 1.10. The molecule has 0 atom stereocenters. The number of likely N-dealkylation sites (tertiary alicyclic amines) is 1. The van der Waals surface area contributed by atoms with Gasteiger partial charge in [0.2, 0.25) is 11.6 Å². The van der Waals surface area contributed by atoms with Crippen LogP contribution in [0.25, 0.3) is 26.0 Å². The van der Waals surface area contributed by atoms with Crippen LogP contribution in [0.2, 0.25) is 0 Å². The van der Waals surface area contributed by atoms with Gasteiger partial charge >= 0.3 is 6.18 Å². The summed E-state index contributed by atoms with van der Waals surface area (Å²) in [5, 5.41) is 17.7. The van der Waals surface area contributed by atoms with Crippen LogP contribution in [0.4, 0.5) is 30.4 Å². The van der Waals surface area contributed by atoms with Crippen LogP contribution in [0.1, 0.15) is 40.1 Å². The lowest BCUT2D eigenvalue weighted by molar-refractivity contribution is -0.126. The van der Waals surface area contributed by atoms with Crippen molar-refractivity contribution in [1.82, 2.24) is 19.4 Å². The van der Waals surface area contributed by atoms with E-state index in [0.29, 0.717) is 46.1 Å². The van der Waals surface area contributed by atoms with Crippen molar-refractivity contribution in [2.45, 2.75) is 57.9 Å². The fourth-order valence-electron chi connectivity index (χ4n) is 6.36. The summed E-state index contributed by atoms with van der Waals surface area (Å²) in [7, 11) is 0. The molecule has 1 aliphatic rings. The fourth-order valence-corrected chi connectivity index (χ4v) is 7.38. The normalized spacial score (nSPS) is 14.1. The number of nitrogens with zero attached hydrogens (tertiary/aromatic N) is 6. The molecule has 6 rings (SSSR count). The number of fused-ring (bicyclic) bond motifs is 2. The van der Waals surface area contributed by atoms with E-state index in [2.05, 4.69) is 62.1 Å². The van der Waals surface area contributed by atoms with Crippen molar-refractivity contribution >= 4 is 55.6 Å². The third-order valence-corrected chi connectivity index (χ3v) is 9.95. The molecule has 9 nitrogen and oxygen atoms in total. The zero-order valence-electron chi connectivity index (χ0n) is 26.8. The minimum absolute atomic E-state index is 0.143. The standard InChI is InChI=1S/C36H33F3N8OS/c1-4-33(48)45-30-7-5-23(15-31(30)41-3)9-14-47-26(19-40)16-28-22(2)24(6-8-32(28)47)20-46-12-10-25(11-13-46)44-34-29-17-27(18-36(37,38)39)49-35(29)43-21-42-34/h4-8,15-17,21,25H,1,9-14,18,20H2,2H3,(H,45,48)(H,42,43,44). The highest BCUT2D eigenvalue weighted by molar-refractivity contribution is 7.18. The zero-order chi connectivity index (χ0) is 34.7. The largest absolute Gasteiger partial charge is 0.393 e. The molecule has 49 heavy (non-hydrogen) atoms. The Morgan fingerprint density at radius 2 is 1.98 bits per heavy atom. The first-order valence-electron chi connectivity index (χ1n) is 15.8. The molecule has 0 saturated carbocycles. The third kappa shape index (κ3) is 7.59. The van der Waals surface area contributed by atoms with Crippen molar-refractivity contribution in [1.29, 1.82) is 5.26 Å². The first-order valence-corrected chi connectivity index (χ1v) is 16.6. The molecular weight excluding hydrogens is 650 g/mol. The molecule has 2 N–H and O–H groups in total. The van der Waals surface area contributed by atoms with Crippen LogP contribution >= 0.6 is 11.3 Å². The fraction of sp³-hybridized carbons (Fsp3) is 0.306. The summed E-state index contributed by atoms with van der Waals surface area (Å²) in [4.78, 5) is 27.0. The van der Waals surface area contributed by atoms with Gasteiger partial charge in [0.1, 0.15) is 28.7 Å². The second-order valence-corrected chi connectivity index (χ2v) is 13.2. The predicted molar refractivity (Wildman–Crippen MR) is 186 cm³/mol. The Morgan fingerprint density at radius 3 is 2.69 bits per heavy atom. The molecule has 0 unspecified atom stereocenters. The van der Waals surface area contributed by atoms with Crippen molar-refractivity contribution in [2.75, 3.05) is 23.7 Å². The number of thiophene rings is 1. The van der Waals surface area contributed by atoms with E-state index in [0.717, 1.165) is 71.9 Å². The second-order valence-electron chi connectivity index (χ2n) is 12.1. The lowest BCUT2D eigenvalue weighted by Gasteiger charge is -2.33. The van der Waals surface area contributed by atoms with Crippen molar-refractivity contribution in [3.63, 3.8) is 0 Å². The number of rotatable bonds is 10. The molecule has 0 radical (unpaired) electrons. The number of amides is 1. The monoisotopic (exact) mass is 682 g/mol. The minimum Gasteiger partial charge on any atom is -0.367 e. The molecule has 13 heteroatoms. The minimum atomic E-state index is -4.27. The molecule has 1 aliphatic heterocycles. The average Bonchev–Trinajstić information content (AvgIpc) is 3.66. The van der Waals surface area contributed by atoms with Gasteiger partial charge in [0.05, 0.1) is 18.4 Å². The van der Waals surface area contributed by atoms with Gasteiger partial charge in [0.25, 0.3) is 0 Å². The quantitative estimate of drug-likeness (QED) is 0.115. The molecule has 0 spiro atoms. The van der Waals surface area contributed by atoms with Gasteiger partial charge in [0, 0.05) is 53.7 Å². The molecule has 1 amide bonds. The molecule has 5 aromatic rings. The summed E-state index contributed by atoms with van der Waals surface area (Å²) in [6.07, 6.45) is -0.372. The van der Waals surface area contributed by atoms with Gasteiger partial charge in [-0.05, 0) is 67.7 Å². The molecule has 2 aromatic carbocycles. The number of aromatic nitrogens is 3. The number of aryl methyl sites for hydroxylation is 3. The highest BCUT2D eigenvalue weighted by Crippen LogP contribution is 2.34. The number of carbonyl (C=O) groups excluding carboxylic acids is 1. The molecule has 3 aromatic heterocycles. The number of piperidine rings is 1. The van der Waals surface area contributed by atoms with Gasteiger partial charge in [-0.2, -0.15) is 18.4 Å². The van der Waals surface area contributed by atoms with Crippen LogP contribution in [-0.4, -0.2) is 50.6 Å². The Bertz CT molecular complexity index is 2130. The summed E-state index contributed by atoms with van der Waals surface area (Å²) >= 11 is 1.05. The first kappa shape index (κ1) is 33.7. The van der Waals surface area contributed by atoms with Crippen LogP contribution in [0, 0.1) is 24.8 Å². The van der Waals surface area contributed by atoms with Crippen molar-refractivity contribution in [2.24, 2.45) is 0 Å². The summed E-state index contributed by atoms with van der Waals surface area (Å²) in [5.41, 5.74) is 5.56. The Morgan fingerprint density at radius 1 is 1.18 bits per heavy atom. The van der Waals surface area contributed by atoms with Gasteiger partial charge in [0.15, 0.2) is 0 Å². The van der Waals surface area contributed by atoms with Gasteiger partial charge in [-0.1, -0.05) is 30.3 Å². The van der Waals surface area contributed by atoms with E-state index in [9.17, 15) is 23.2 Å². The van der Waals surface area contributed by atoms with E-state index in [-0.39, 0.29) is 16.8 Å². The van der Waals surface area contributed by atoms with Crippen LogP contribution in [0.15, 0.2) is 61.4 Å². The van der Waals surface area contributed by atoms with Gasteiger partial charge in [-0.15, -0.1) is 11.3 Å². The highest BCUT2D eigenvalue weighted by Gasteiger charge is 2.29. The van der Waals surface area contributed by atoms with Crippen LogP contribution < -0.4 is 10.6 Å². The smallest absolute Gasteiger partial charge is 0.367 e. The van der Waals surface area contributed by atoms with E-state index in [1.165, 1.54) is 11.9 Å². The first-order chi connectivity index (χ1) is 23.5. The maximum atomic E-state index is 12.9. The van der Waals surface area contributed by atoms with Crippen LogP contribution in [0.5, 0.6) is 0 Å². The topological polar surface area (TPSA) is 103 Å². The molecule has 1 saturated heterocycles. The second kappa shape index (κ2) is 14.1. The molecule has 4 heterocycles. The van der Waals surface area contributed by atoms with Gasteiger partial charge in [-0.25, -0.2) is 14.8 Å². The molecular formula is C36H33F3N8OS. The lowest BCUT2D eigenvalue weighted by Crippen LogP contribution is -2.39. The maximum absolute atomic E-state index is 12.9. The number of hydrogen-bond acceptors (Lipinski definition) is 7. The summed E-state index contributed by atoms with van der Waals surface area (Å²) in [5.74, 6) is 0.198. The average molecular weight is 683 g/mol. The summed E-state index contributed by atoms with van der Waals surface area (Å²) in [6.45, 7) is 16.1. The molecule has 1 fully saturated rings. The number of carbonyl (C=O) groups is 1. The number of nitriles is 1. The number of hydrogen-bond donors (Lipinski definition) is 2. The third-order valence-electron chi connectivity index (χ3n) is 8.91. The van der Waals surface area contributed by atoms with Crippen molar-refractivity contribution in [3.05, 3.63) is 100 Å². The lowest BCUT2D eigenvalue weighted by atomic mass is 10.0. The van der Waals surface area contributed by atoms with Crippen LogP contribution in [-0.2, 0) is 30.7 Å². The van der Waals surface area contributed by atoms with E-state index in [1.807, 2.05) is 16.7 Å². The van der Waals surface area contributed by atoms with Crippen molar-refractivity contribution < 1.29 is 18.0 Å². The van der Waals surface area contributed by atoms with Crippen LogP contribution in [0.3, 0.4) is 0 Å². The van der Waals surface area contributed by atoms with Gasteiger partial charge < -0.3 is 15.2 Å². The Kier molecular flexibility index (Phi) is 9.67. The SMILES string of the molecule is [C-]#[N+]c1cc(CCn2c(C#N)cc3c(C)c(CN4CCC(Nc5ncnc6sc(CC(F)(F)F)cc56)CC4)ccc32)ccc1NC(=O)C=C. The predicted octanol–water partition coefficient (Wildman–Crippen LogP) is 7.93. The zero-order valence-corrected chi connectivity index (χ0v) is 27.6. The van der Waals surface area contributed by atoms with Crippen molar-refractivity contribution in [3.8, 4) is 6.07 Å². The number of halogens is 3. The van der Waals surface area contributed by atoms with Gasteiger partial charge in [-0.3, -0.25) is 9.69 Å². The number of alkyl halides is 3. The maximum Gasteiger partial charge on any atom is 0.393 e. The molecule has 250 valence electrons. The molecule has 0 bridgehead atoms. The summed E-state index contributed by atoms with van der Waals surface area (Å²) in [6, 6.07) is 15.5. The number of benzene rings is 2. The van der Waals surface area contributed by atoms with E-state index < -0.39 is 12.6 Å². The van der Waals surface area contributed by atoms with E-state index in [1.54, 1.807) is 18.2 Å². The number of anilines is 2. The molecule has 0 aliphatic carbocycles. The van der Waals surface area contributed by atoms with E-state index in [4.69, 9.17) is 6.57 Å².